The third-order valence-corrected chi connectivity index (χ3v) is 6.42. The molecule has 1 saturated heterocycles. The van der Waals surface area contributed by atoms with Crippen molar-refractivity contribution in [1.82, 2.24) is 10.2 Å². The molecule has 0 radical (unpaired) electrons. The molecule has 2 rings (SSSR count). The fourth-order valence-electron chi connectivity index (χ4n) is 2.23. The Morgan fingerprint density at radius 1 is 1.36 bits per heavy atom. The summed E-state index contributed by atoms with van der Waals surface area (Å²) in [5.41, 5.74) is -0.0129. The Bertz CT molecular complexity index is 806. The quantitative estimate of drug-likeness (QED) is 0.826. The minimum absolute atomic E-state index is 0.0660. The normalized spacial score (nSPS) is 17.2. The second-order valence-electron chi connectivity index (χ2n) is 6.78. The fourth-order valence-corrected chi connectivity index (χ4v) is 3.89. The van der Waals surface area contributed by atoms with Gasteiger partial charge in [0.1, 0.15) is 0 Å². The molecule has 0 bridgehead atoms. The summed E-state index contributed by atoms with van der Waals surface area (Å²) in [6.07, 6.45) is -0.0660. The highest BCUT2D eigenvalue weighted by Gasteiger charge is 2.36. The lowest BCUT2D eigenvalue weighted by Crippen LogP contribution is -2.48. The third-order valence-electron chi connectivity index (χ3n) is 4.40. The molecule has 2 amide bonds. The van der Waals surface area contributed by atoms with Gasteiger partial charge in [-0.2, -0.15) is 0 Å². The Labute approximate surface area is 153 Å². The molecule has 1 aliphatic heterocycles. The molecule has 25 heavy (non-hydrogen) atoms. The molecule has 1 aromatic carbocycles. The van der Waals surface area contributed by atoms with Gasteiger partial charge in [-0.1, -0.05) is 11.6 Å². The lowest BCUT2D eigenvalue weighted by Gasteiger charge is -2.32. The van der Waals surface area contributed by atoms with Crippen molar-refractivity contribution in [2.24, 2.45) is 0 Å². The number of nitrogens with zero attached hydrogens (tertiary/aromatic N) is 2. The number of hydrogen-bond donors (Lipinski definition) is 1. The third kappa shape index (κ3) is 4.13. The monoisotopic (exact) mass is 387 g/mol. The molecule has 1 fully saturated rings. The SMILES string of the molecule is CN(C)C(C)(C)CNC(=O)c1cc(N2C(=O)CCS2(=O)=O)ccc1Cl. The van der Waals surface area contributed by atoms with Crippen LogP contribution in [0.15, 0.2) is 18.2 Å². The highest BCUT2D eigenvalue weighted by Crippen LogP contribution is 2.29. The van der Waals surface area contributed by atoms with Crippen LogP contribution in [0.5, 0.6) is 0 Å². The summed E-state index contributed by atoms with van der Waals surface area (Å²) in [5.74, 6) is -1.17. The first kappa shape index (κ1) is 19.7. The Balaban J connectivity index is 2.28. The number of likely N-dealkylation sites (N-methyl/N-ethyl adjacent to an activating group) is 1. The zero-order valence-corrected chi connectivity index (χ0v) is 16.2. The molecule has 7 nitrogen and oxygen atoms in total. The number of halogens is 1. The van der Waals surface area contributed by atoms with Gasteiger partial charge in [0.2, 0.25) is 15.9 Å². The van der Waals surface area contributed by atoms with Crippen molar-refractivity contribution in [3.8, 4) is 0 Å². The van der Waals surface area contributed by atoms with E-state index in [4.69, 9.17) is 11.6 Å². The molecule has 0 aliphatic carbocycles. The minimum Gasteiger partial charge on any atom is -0.350 e. The summed E-state index contributed by atoms with van der Waals surface area (Å²) in [7, 11) is 0.124. The van der Waals surface area contributed by atoms with Crippen LogP contribution in [-0.4, -0.2) is 57.1 Å². The zero-order chi connectivity index (χ0) is 19.0. The van der Waals surface area contributed by atoms with Crippen LogP contribution in [0.2, 0.25) is 5.02 Å². The molecule has 1 aromatic rings. The summed E-state index contributed by atoms with van der Waals surface area (Å²) >= 11 is 6.09. The van der Waals surface area contributed by atoms with Gasteiger partial charge in [-0.3, -0.25) is 9.59 Å². The number of amides is 2. The summed E-state index contributed by atoms with van der Waals surface area (Å²) < 4.78 is 24.8. The number of anilines is 1. The molecule has 0 atom stereocenters. The van der Waals surface area contributed by atoms with Gasteiger partial charge >= 0.3 is 0 Å². The van der Waals surface area contributed by atoms with E-state index >= 15 is 0 Å². The maximum absolute atomic E-state index is 12.5. The molecule has 1 N–H and O–H groups in total. The number of sulfonamides is 1. The van der Waals surface area contributed by atoms with E-state index < -0.39 is 21.8 Å². The van der Waals surface area contributed by atoms with Crippen molar-refractivity contribution in [3.05, 3.63) is 28.8 Å². The molecule has 0 aromatic heterocycles. The van der Waals surface area contributed by atoms with Crippen LogP contribution in [0.25, 0.3) is 0 Å². The van der Waals surface area contributed by atoms with Crippen LogP contribution < -0.4 is 9.62 Å². The standard InChI is InChI=1S/C16H22ClN3O4S/c1-16(2,19(3)4)10-18-15(22)12-9-11(5-6-13(12)17)20-14(21)7-8-25(20,23)24/h5-6,9H,7-8,10H2,1-4H3,(H,18,22). The second kappa shape index (κ2) is 6.93. The maximum atomic E-state index is 12.5. The first-order chi connectivity index (χ1) is 11.5. The molecule has 1 aliphatic rings. The van der Waals surface area contributed by atoms with E-state index in [2.05, 4.69) is 5.32 Å². The molecular formula is C16H22ClN3O4S. The average molecular weight is 388 g/mol. The Kier molecular flexibility index (Phi) is 5.46. The molecular weight excluding hydrogens is 366 g/mol. The van der Waals surface area contributed by atoms with Crippen molar-refractivity contribution < 1.29 is 18.0 Å². The van der Waals surface area contributed by atoms with Crippen LogP contribution in [0, 0.1) is 0 Å². The number of benzene rings is 1. The van der Waals surface area contributed by atoms with Crippen molar-refractivity contribution in [3.63, 3.8) is 0 Å². The van der Waals surface area contributed by atoms with Gasteiger partial charge < -0.3 is 10.2 Å². The summed E-state index contributed by atoms with van der Waals surface area (Å²) in [6.45, 7) is 4.32. The van der Waals surface area contributed by atoms with E-state index in [0.29, 0.717) is 6.54 Å². The number of rotatable bonds is 5. The number of nitrogens with one attached hydrogen (secondary N) is 1. The molecule has 0 saturated carbocycles. The largest absolute Gasteiger partial charge is 0.350 e. The van der Waals surface area contributed by atoms with Crippen LogP contribution >= 0.6 is 11.6 Å². The Morgan fingerprint density at radius 2 is 2.00 bits per heavy atom. The van der Waals surface area contributed by atoms with Crippen molar-refractivity contribution in [2.45, 2.75) is 25.8 Å². The van der Waals surface area contributed by atoms with Crippen LogP contribution in [0.1, 0.15) is 30.6 Å². The molecule has 0 unspecified atom stereocenters. The van der Waals surface area contributed by atoms with Crippen LogP contribution in [0.3, 0.4) is 0 Å². The topological polar surface area (TPSA) is 86.8 Å². The maximum Gasteiger partial charge on any atom is 0.252 e. The summed E-state index contributed by atoms with van der Waals surface area (Å²) in [5, 5.41) is 2.98. The number of carbonyl (C=O) groups excluding carboxylic acids is 2. The van der Waals surface area contributed by atoms with Gasteiger partial charge in [-0.25, -0.2) is 12.7 Å². The lowest BCUT2D eigenvalue weighted by atomic mass is 10.0. The van der Waals surface area contributed by atoms with Crippen LogP contribution in [-0.2, 0) is 14.8 Å². The van der Waals surface area contributed by atoms with Crippen molar-refractivity contribution in [2.75, 3.05) is 30.7 Å². The first-order valence-corrected chi connectivity index (χ1v) is 9.75. The second-order valence-corrected chi connectivity index (χ2v) is 9.12. The molecule has 1 heterocycles. The average Bonchev–Trinajstić information content (AvgIpc) is 2.79. The van der Waals surface area contributed by atoms with Gasteiger partial charge in [0.15, 0.2) is 0 Å². The highest BCUT2D eigenvalue weighted by molar-refractivity contribution is 7.94. The Hall–Kier alpha value is -1.64. The number of carbonyl (C=O) groups is 2. The van der Waals surface area contributed by atoms with Gasteiger partial charge in [0, 0.05) is 18.5 Å². The smallest absolute Gasteiger partial charge is 0.252 e. The summed E-state index contributed by atoms with van der Waals surface area (Å²) in [4.78, 5) is 26.3. The first-order valence-electron chi connectivity index (χ1n) is 7.77. The zero-order valence-electron chi connectivity index (χ0n) is 14.7. The lowest BCUT2D eigenvalue weighted by molar-refractivity contribution is -0.116. The predicted octanol–water partition coefficient (Wildman–Crippen LogP) is 1.48. The summed E-state index contributed by atoms with van der Waals surface area (Å²) in [6, 6.07) is 4.18. The minimum atomic E-state index is -3.69. The molecule has 0 spiro atoms. The van der Waals surface area contributed by atoms with Gasteiger partial charge in [0.05, 0.1) is 22.0 Å². The van der Waals surface area contributed by atoms with E-state index in [1.54, 1.807) is 0 Å². The van der Waals surface area contributed by atoms with E-state index in [1.165, 1.54) is 18.2 Å². The number of hydrogen-bond acceptors (Lipinski definition) is 5. The molecule has 9 heteroatoms. The highest BCUT2D eigenvalue weighted by atomic mass is 35.5. The van der Waals surface area contributed by atoms with Gasteiger partial charge in [0.25, 0.3) is 5.91 Å². The van der Waals surface area contributed by atoms with Crippen molar-refractivity contribution in [1.29, 1.82) is 0 Å². The van der Waals surface area contributed by atoms with Crippen molar-refractivity contribution >= 4 is 39.1 Å². The van der Waals surface area contributed by atoms with E-state index in [9.17, 15) is 18.0 Å². The molecule has 138 valence electrons. The fraction of sp³-hybridized carbons (Fsp3) is 0.500. The Morgan fingerprint density at radius 3 is 2.52 bits per heavy atom. The van der Waals surface area contributed by atoms with Crippen LogP contribution in [0.4, 0.5) is 5.69 Å². The van der Waals surface area contributed by atoms with E-state index in [-0.39, 0.29) is 34.0 Å². The predicted molar refractivity (Wildman–Crippen MR) is 97.4 cm³/mol. The van der Waals surface area contributed by atoms with E-state index in [0.717, 1.165) is 4.31 Å². The van der Waals surface area contributed by atoms with E-state index in [1.807, 2.05) is 32.8 Å². The van der Waals surface area contributed by atoms with Gasteiger partial charge in [-0.05, 0) is 46.1 Å². The van der Waals surface area contributed by atoms with Gasteiger partial charge in [-0.15, -0.1) is 0 Å².